The Morgan fingerprint density at radius 3 is 2.68 bits per heavy atom. The molecule has 0 unspecified atom stereocenters. The first-order valence-electron chi connectivity index (χ1n) is 7.81. The second-order valence-corrected chi connectivity index (χ2v) is 5.88. The zero-order chi connectivity index (χ0) is 18.4. The van der Waals surface area contributed by atoms with E-state index < -0.39 is 4.92 Å². The minimum absolute atomic E-state index is 0.0696. The lowest BCUT2D eigenvalue weighted by Crippen LogP contribution is -3.06. The van der Waals surface area contributed by atoms with E-state index >= 15 is 0 Å². The van der Waals surface area contributed by atoms with Gasteiger partial charge in [0.2, 0.25) is 0 Å². The van der Waals surface area contributed by atoms with Gasteiger partial charge in [0, 0.05) is 23.9 Å². The summed E-state index contributed by atoms with van der Waals surface area (Å²) in [6.45, 7) is 0.442. The van der Waals surface area contributed by atoms with Gasteiger partial charge in [-0.2, -0.15) is 0 Å². The molecule has 2 aromatic rings. The predicted octanol–water partition coefficient (Wildman–Crippen LogP) is 0.982. The number of nitro groups is 1. The number of hydrogen-bond donors (Lipinski definition) is 1. The first-order valence-corrected chi connectivity index (χ1v) is 7.81. The maximum absolute atomic E-state index is 11.8. The van der Waals surface area contributed by atoms with E-state index in [4.69, 9.17) is 4.74 Å². The van der Waals surface area contributed by atoms with Gasteiger partial charge in [0.05, 0.1) is 32.7 Å². The fourth-order valence-electron chi connectivity index (χ4n) is 2.49. The van der Waals surface area contributed by atoms with E-state index in [0.717, 1.165) is 11.3 Å². The molecule has 0 aliphatic carbocycles. The van der Waals surface area contributed by atoms with E-state index in [1.807, 2.05) is 38.4 Å². The number of rotatable bonds is 7. The molecule has 0 amide bonds. The van der Waals surface area contributed by atoms with Crippen molar-refractivity contribution in [3.8, 4) is 11.5 Å². The van der Waals surface area contributed by atoms with Crippen molar-refractivity contribution in [2.75, 3.05) is 27.7 Å². The smallest absolute Gasteiger partial charge is 0.270 e. The Balaban J connectivity index is 2.20. The molecule has 2 rings (SSSR count). The maximum Gasteiger partial charge on any atom is 0.270 e. The number of nitrogens with zero attached hydrogens (tertiary/aromatic N) is 2. The molecule has 0 fully saturated rings. The van der Waals surface area contributed by atoms with Gasteiger partial charge < -0.3 is 14.7 Å². The Bertz CT molecular complexity index is 775. The molecule has 0 radical (unpaired) electrons. The lowest BCUT2D eigenvalue weighted by Gasteiger charge is -2.20. The monoisotopic (exact) mass is 343 g/mol. The Hall–Kier alpha value is -2.93. The van der Waals surface area contributed by atoms with Gasteiger partial charge in [-0.15, -0.1) is 0 Å². The molecule has 2 aromatic carbocycles. The molecule has 0 aromatic heterocycles. The minimum atomic E-state index is -0.528. The maximum atomic E-state index is 11.8. The normalized spacial score (nSPS) is 12.5. The summed E-state index contributed by atoms with van der Waals surface area (Å²) in [5.41, 5.74) is 1.16. The van der Waals surface area contributed by atoms with Crippen LogP contribution in [0.4, 0.5) is 5.69 Å². The number of ether oxygens (including phenoxy) is 1. The summed E-state index contributed by atoms with van der Waals surface area (Å²) in [6, 6.07) is 11.5. The van der Waals surface area contributed by atoms with E-state index in [2.05, 4.69) is 4.99 Å². The van der Waals surface area contributed by atoms with Crippen LogP contribution in [0.3, 0.4) is 0 Å². The van der Waals surface area contributed by atoms with Gasteiger partial charge in [-0.25, -0.2) is 0 Å². The molecule has 1 N–H and O–H groups in total. The lowest BCUT2D eigenvalue weighted by atomic mass is 10.1. The highest BCUT2D eigenvalue weighted by Crippen LogP contribution is 2.20. The number of methoxy groups -OCH3 is 1. The number of quaternary nitrogens is 1. The van der Waals surface area contributed by atoms with Crippen LogP contribution in [0, 0.1) is 10.1 Å². The second kappa shape index (κ2) is 8.25. The molecule has 132 valence electrons. The van der Waals surface area contributed by atoms with Gasteiger partial charge in [0.25, 0.3) is 5.69 Å². The summed E-state index contributed by atoms with van der Waals surface area (Å²) in [5, 5.41) is 22.6. The highest BCUT2D eigenvalue weighted by atomic mass is 16.6. The van der Waals surface area contributed by atoms with Crippen LogP contribution < -0.4 is 14.7 Å². The summed E-state index contributed by atoms with van der Waals surface area (Å²) >= 11 is 0. The third-order valence-electron chi connectivity index (χ3n) is 3.92. The standard InChI is InChI=1S/C18H21N3O4/c1-20(2)17(13-5-4-6-16(10-13)25-3)12-19-11-14-9-15(21(23)24)7-8-18(14)22/h4-11,17,22H,12H2,1-3H3/t17-/m0/s1. The average molecular weight is 343 g/mol. The van der Waals surface area contributed by atoms with Crippen molar-refractivity contribution < 1.29 is 19.7 Å². The molecule has 0 aliphatic rings. The number of benzene rings is 2. The van der Waals surface area contributed by atoms with Crippen LogP contribution in [0.25, 0.3) is 0 Å². The fourth-order valence-corrected chi connectivity index (χ4v) is 2.49. The van der Waals surface area contributed by atoms with Gasteiger partial charge in [-0.1, -0.05) is 23.9 Å². The molecule has 1 atom stereocenters. The van der Waals surface area contributed by atoms with E-state index in [0.29, 0.717) is 6.54 Å². The molecule has 25 heavy (non-hydrogen) atoms. The third kappa shape index (κ3) is 4.77. The van der Waals surface area contributed by atoms with Crippen molar-refractivity contribution in [3.05, 3.63) is 63.7 Å². The first-order chi connectivity index (χ1) is 11.9. The van der Waals surface area contributed by atoms with Crippen LogP contribution in [-0.2, 0) is 0 Å². The molecule has 0 spiro atoms. The van der Waals surface area contributed by atoms with Crippen LogP contribution in [0.5, 0.6) is 11.5 Å². The van der Waals surface area contributed by atoms with Crippen LogP contribution in [-0.4, -0.2) is 38.9 Å². The van der Waals surface area contributed by atoms with E-state index in [1.165, 1.54) is 29.3 Å². The van der Waals surface area contributed by atoms with Gasteiger partial charge in [0.1, 0.15) is 11.8 Å². The van der Waals surface area contributed by atoms with Crippen molar-refractivity contribution in [2.24, 2.45) is 4.99 Å². The summed E-state index contributed by atoms with van der Waals surface area (Å²) in [5.74, 6) is 0.484. The van der Waals surface area contributed by atoms with Crippen molar-refractivity contribution >= 4 is 11.9 Å². The topological polar surface area (TPSA) is 92.2 Å². The zero-order valence-corrected chi connectivity index (χ0v) is 14.4. The molecule has 0 saturated heterocycles. The highest BCUT2D eigenvalue weighted by Gasteiger charge is 2.17. The summed E-state index contributed by atoms with van der Waals surface area (Å²) < 4.78 is 5.26. The Labute approximate surface area is 146 Å². The number of likely N-dealkylation sites (N-methyl/N-ethyl adjacent to an activating group) is 1. The van der Waals surface area contributed by atoms with E-state index in [9.17, 15) is 15.2 Å². The molecule has 0 aliphatic heterocycles. The van der Waals surface area contributed by atoms with Crippen LogP contribution in [0.15, 0.2) is 47.5 Å². The van der Waals surface area contributed by atoms with E-state index in [-0.39, 0.29) is 23.0 Å². The lowest BCUT2D eigenvalue weighted by molar-refractivity contribution is -0.890. The number of nitrogens with one attached hydrogen (secondary N) is 1. The number of hydrogen-bond acceptors (Lipinski definition) is 5. The second-order valence-electron chi connectivity index (χ2n) is 5.88. The minimum Gasteiger partial charge on any atom is -0.872 e. The predicted molar refractivity (Wildman–Crippen MR) is 93.5 cm³/mol. The average Bonchev–Trinajstić information content (AvgIpc) is 2.59. The zero-order valence-electron chi connectivity index (χ0n) is 14.4. The third-order valence-corrected chi connectivity index (χ3v) is 3.92. The van der Waals surface area contributed by atoms with Gasteiger partial charge in [-0.05, 0) is 17.7 Å². The molecule has 0 saturated carbocycles. The summed E-state index contributed by atoms with van der Waals surface area (Å²) in [4.78, 5) is 15.8. The van der Waals surface area contributed by atoms with Gasteiger partial charge in [-0.3, -0.25) is 15.1 Å². The molecular weight excluding hydrogens is 322 g/mol. The molecule has 7 nitrogen and oxygen atoms in total. The number of aliphatic imine (C=N–C) groups is 1. The summed E-state index contributed by atoms with van der Waals surface area (Å²) in [7, 11) is 5.66. The van der Waals surface area contributed by atoms with Gasteiger partial charge >= 0.3 is 0 Å². The number of nitro benzene ring substituents is 1. The van der Waals surface area contributed by atoms with Crippen LogP contribution in [0.2, 0.25) is 0 Å². The fraction of sp³-hybridized carbons (Fsp3) is 0.278. The van der Waals surface area contributed by atoms with Crippen molar-refractivity contribution in [1.82, 2.24) is 0 Å². The molecule has 0 bridgehead atoms. The molecule has 7 heteroatoms. The Morgan fingerprint density at radius 1 is 1.28 bits per heavy atom. The largest absolute Gasteiger partial charge is 0.872 e. The van der Waals surface area contributed by atoms with E-state index in [1.54, 1.807) is 7.11 Å². The van der Waals surface area contributed by atoms with Crippen molar-refractivity contribution in [2.45, 2.75) is 6.04 Å². The van der Waals surface area contributed by atoms with Crippen LogP contribution >= 0.6 is 0 Å². The van der Waals surface area contributed by atoms with Crippen molar-refractivity contribution in [1.29, 1.82) is 0 Å². The summed E-state index contributed by atoms with van der Waals surface area (Å²) in [6.07, 6.45) is 1.41. The van der Waals surface area contributed by atoms with Crippen LogP contribution in [0.1, 0.15) is 17.2 Å². The Morgan fingerprint density at radius 2 is 2.04 bits per heavy atom. The van der Waals surface area contributed by atoms with Crippen molar-refractivity contribution in [3.63, 3.8) is 0 Å². The quantitative estimate of drug-likeness (QED) is 0.461. The highest BCUT2D eigenvalue weighted by molar-refractivity contribution is 5.84. The molecular formula is C18H21N3O4. The number of non-ortho nitro benzene ring substituents is 1. The SMILES string of the molecule is COc1cccc([C@H](CN=Cc2cc([N+](=O)[O-])ccc2[O-])[NH+](C)C)c1. The Kier molecular flexibility index (Phi) is 6.08. The molecule has 0 heterocycles. The first kappa shape index (κ1) is 18.4. The van der Waals surface area contributed by atoms with Gasteiger partial charge in [0.15, 0.2) is 0 Å².